The van der Waals surface area contributed by atoms with Crippen LogP contribution < -0.4 is 0 Å². The van der Waals surface area contributed by atoms with Crippen molar-refractivity contribution in [3.63, 3.8) is 0 Å². The van der Waals surface area contributed by atoms with E-state index in [4.69, 9.17) is 0 Å². The van der Waals surface area contributed by atoms with Crippen LogP contribution in [0.15, 0.2) is 54.4 Å². The molecule has 0 saturated carbocycles. The van der Waals surface area contributed by atoms with Crippen molar-refractivity contribution in [1.29, 1.82) is 0 Å². The highest BCUT2D eigenvalue weighted by molar-refractivity contribution is 7.10. The zero-order chi connectivity index (χ0) is 17.1. The van der Waals surface area contributed by atoms with E-state index in [0.717, 1.165) is 43.0 Å². The molecule has 2 aromatic heterocycles. The summed E-state index contributed by atoms with van der Waals surface area (Å²) in [6.45, 7) is 3.04. The van der Waals surface area contributed by atoms with Crippen LogP contribution in [0.4, 0.5) is 0 Å². The van der Waals surface area contributed by atoms with Gasteiger partial charge in [-0.2, -0.15) is 5.10 Å². The van der Waals surface area contributed by atoms with Crippen molar-refractivity contribution < 1.29 is 5.11 Å². The quantitative estimate of drug-likeness (QED) is 0.764. The van der Waals surface area contributed by atoms with Crippen LogP contribution in [-0.4, -0.2) is 37.9 Å². The van der Waals surface area contributed by atoms with Crippen LogP contribution in [0, 0.1) is 5.92 Å². The van der Waals surface area contributed by atoms with Gasteiger partial charge in [0, 0.05) is 11.4 Å². The molecule has 4 rings (SSSR count). The normalized spacial score (nSPS) is 17.6. The summed E-state index contributed by atoms with van der Waals surface area (Å²) in [6, 6.07) is 12.5. The first-order chi connectivity index (χ1) is 12.3. The first-order valence-electron chi connectivity index (χ1n) is 8.67. The van der Waals surface area contributed by atoms with Crippen molar-refractivity contribution in [1.82, 2.24) is 19.7 Å². The SMILES string of the molecule is O[C@H](c1cccs1)C1CCN(Cc2ccc(-n3cncn3)cc2)CC1. The van der Waals surface area contributed by atoms with Gasteiger partial charge in [-0.15, -0.1) is 11.3 Å². The van der Waals surface area contributed by atoms with E-state index in [-0.39, 0.29) is 6.10 Å². The fraction of sp³-hybridized carbons (Fsp3) is 0.368. The number of likely N-dealkylation sites (tertiary alicyclic amines) is 1. The number of benzene rings is 1. The maximum atomic E-state index is 10.5. The summed E-state index contributed by atoms with van der Waals surface area (Å²) >= 11 is 1.65. The summed E-state index contributed by atoms with van der Waals surface area (Å²) in [6.07, 6.45) is 5.05. The summed E-state index contributed by atoms with van der Waals surface area (Å²) in [5, 5.41) is 16.7. The van der Waals surface area contributed by atoms with Crippen molar-refractivity contribution >= 4 is 11.3 Å². The lowest BCUT2D eigenvalue weighted by Crippen LogP contribution is -2.35. The van der Waals surface area contributed by atoms with Gasteiger partial charge in [-0.1, -0.05) is 18.2 Å². The van der Waals surface area contributed by atoms with E-state index in [9.17, 15) is 5.11 Å². The number of aliphatic hydroxyl groups is 1. The molecule has 0 spiro atoms. The Kier molecular flexibility index (Phi) is 4.92. The van der Waals surface area contributed by atoms with Gasteiger partial charge in [-0.3, -0.25) is 4.90 Å². The summed E-state index contributed by atoms with van der Waals surface area (Å²) < 4.78 is 1.77. The number of rotatable bonds is 5. The van der Waals surface area contributed by atoms with Crippen LogP contribution in [0.5, 0.6) is 0 Å². The highest BCUT2D eigenvalue weighted by atomic mass is 32.1. The first kappa shape index (κ1) is 16.4. The number of thiophene rings is 1. The Bertz CT molecular complexity index is 762. The number of aliphatic hydroxyl groups excluding tert-OH is 1. The second-order valence-electron chi connectivity index (χ2n) is 6.58. The minimum Gasteiger partial charge on any atom is -0.387 e. The number of nitrogens with zero attached hydrogens (tertiary/aromatic N) is 4. The molecule has 3 heterocycles. The van der Waals surface area contributed by atoms with Crippen molar-refractivity contribution in [3.8, 4) is 5.69 Å². The molecule has 130 valence electrons. The lowest BCUT2D eigenvalue weighted by molar-refractivity contribution is 0.0591. The average molecular weight is 354 g/mol. The van der Waals surface area contributed by atoms with E-state index in [1.165, 1.54) is 5.56 Å². The maximum Gasteiger partial charge on any atom is 0.138 e. The Balaban J connectivity index is 1.31. The van der Waals surface area contributed by atoms with Gasteiger partial charge in [0.2, 0.25) is 0 Å². The molecular weight excluding hydrogens is 332 g/mol. The summed E-state index contributed by atoms with van der Waals surface area (Å²) in [5.74, 6) is 0.379. The van der Waals surface area contributed by atoms with E-state index >= 15 is 0 Å². The molecule has 0 amide bonds. The van der Waals surface area contributed by atoms with Crippen molar-refractivity contribution in [2.75, 3.05) is 13.1 Å². The Labute approximate surface area is 151 Å². The molecule has 0 unspecified atom stereocenters. The number of hydrogen-bond donors (Lipinski definition) is 1. The van der Waals surface area contributed by atoms with Crippen molar-refractivity contribution in [3.05, 3.63) is 64.9 Å². The molecule has 1 N–H and O–H groups in total. The van der Waals surface area contributed by atoms with Gasteiger partial charge in [0.25, 0.3) is 0 Å². The Morgan fingerprint density at radius 1 is 1.16 bits per heavy atom. The molecule has 1 atom stereocenters. The number of aromatic nitrogens is 3. The predicted octanol–water partition coefficient (Wildman–Crippen LogP) is 3.27. The smallest absolute Gasteiger partial charge is 0.138 e. The van der Waals surface area contributed by atoms with Gasteiger partial charge in [0.15, 0.2) is 0 Å². The van der Waals surface area contributed by atoms with Gasteiger partial charge in [-0.05, 0) is 61.0 Å². The molecule has 0 aliphatic carbocycles. The minimum atomic E-state index is -0.302. The first-order valence-corrected chi connectivity index (χ1v) is 9.55. The van der Waals surface area contributed by atoms with Crippen LogP contribution in [0.3, 0.4) is 0 Å². The third-order valence-electron chi connectivity index (χ3n) is 4.94. The molecule has 1 saturated heterocycles. The Morgan fingerprint density at radius 2 is 1.96 bits per heavy atom. The molecule has 5 nitrogen and oxygen atoms in total. The molecule has 6 heteroatoms. The molecule has 1 fully saturated rings. The molecule has 1 aliphatic heterocycles. The van der Waals surface area contributed by atoms with Gasteiger partial charge < -0.3 is 5.11 Å². The second-order valence-corrected chi connectivity index (χ2v) is 7.56. The van der Waals surface area contributed by atoms with Crippen LogP contribution in [0.1, 0.15) is 29.4 Å². The Hall–Kier alpha value is -2.02. The number of hydrogen-bond acceptors (Lipinski definition) is 5. The average Bonchev–Trinajstić information content (AvgIpc) is 3.36. The zero-order valence-electron chi connectivity index (χ0n) is 14.0. The van der Waals surface area contributed by atoms with Gasteiger partial charge in [0.1, 0.15) is 12.7 Å². The molecule has 3 aromatic rings. The van der Waals surface area contributed by atoms with E-state index in [0.29, 0.717) is 5.92 Å². The minimum absolute atomic E-state index is 0.302. The maximum absolute atomic E-state index is 10.5. The highest BCUT2D eigenvalue weighted by Crippen LogP contribution is 2.33. The third-order valence-corrected chi connectivity index (χ3v) is 5.88. The standard InChI is InChI=1S/C19H22N4OS/c24-19(18-2-1-11-25-18)16-7-9-22(10-8-16)12-15-3-5-17(6-4-15)23-14-20-13-21-23/h1-6,11,13-14,16,19,24H,7-10,12H2/t19-/m0/s1. The summed E-state index contributed by atoms with van der Waals surface area (Å²) in [4.78, 5) is 7.55. The summed E-state index contributed by atoms with van der Waals surface area (Å²) in [5.41, 5.74) is 2.33. The molecule has 1 aromatic carbocycles. The van der Waals surface area contributed by atoms with E-state index in [1.54, 1.807) is 28.7 Å². The van der Waals surface area contributed by atoms with Crippen LogP contribution in [0.25, 0.3) is 5.69 Å². The van der Waals surface area contributed by atoms with E-state index < -0.39 is 0 Å². The van der Waals surface area contributed by atoms with E-state index in [1.807, 2.05) is 17.5 Å². The van der Waals surface area contributed by atoms with Crippen molar-refractivity contribution in [2.45, 2.75) is 25.5 Å². The third kappa shape index (κ3) is 3.81. The van der Waals surface area contributed by atoms with Crippen molar-refractivity contribution in [2.24, 2.45) is 5.92 Å². The summed E-state index contributed by atoms with van der Waals surface area (Å²) in [7, 11) is 0. The molecule has 0 radical (unpaired) electrons. The predicted molar refractivity (Wildman–Crippen MR) is 98.6 cm³/mol. The molecular formula is C19H22N4OS. The van der Waals surface area contributed by atoms with E-state index in [2.05, 4.69) is 39.2 Å². The molecule has 25 heavy (non-hydrogen) atoms. The highest BCUT2D eigenvalue weighted by Gasteiger charge is 2.26. The molecule has 1 aliphatic rings. The second kappa shape index (κ2) is 7.47. The van der Waals surface area contributed by atoms with Gasteiger partial charge >= 0.3 is 0 Å². The van der Waals surface area contributed by atoms with Crippen LogP contribution in [-0.2, 0) is 6.54 Å². The lowest BCUT2D eigenvalue weighted by Gasteiger charge is -2.34. The van der Waals surface area contributed by atoms with Gasteiger partial charge in [-0.25, -0.2) is 9.67 Å². The largest absolute Gasteiger partial charge is 0.387 e. The van der Waals surface area contributed by atoms with Crippen LogP contribution in [0.2, 0.25) is 0 Å². The Morgan fingerprint density at radius 3 is 2.60 bits per heavy atom. The zero-order valence-corrected chi connectivity index (χ0v) is 14.8. The monoisotopic (exact) mass is 354 g/mol. The molecule has 0 bridgehead atoms. The van der Waals surface area contributed by atoms with Gasteiger partial charge in [0.05, 0.1) is 11.8 Å². The lowest BCUT2D eigenvalue weighted by atomic mass is 9.90. The number of piperidine rings is 1. The fourth-order valence-corrected chi connectivity index (χ4v) is 4.28. The topological polar surface area (TPSA) is 54.2 Å². The van der Waals surface area contributed by atoms with Crippen LogP contribution >= 0.6 is 11.3 Å². The fourth-order valence-electron chi connectivity index (χ4n) is 3.47.